The van der Waals surface area contributed by atoms with Crippen molar-refractivity contribution in [2.75, 3.05) is 5.32 Å². The van der Waals surface area contributed by atoms with Gasteiger partial charge in [0, 0.05) is 23.4 Å². The smallest absolute Gasteiger partial charge is 0.227 e. The molecular formula is C26H25FN4OS. The fourth-order valence-electron chi connectivity index (χ4n) is 4.39. The number of fused-ring (bicyclic) bond motifs is 1. The van der Waals surface area contributed by atoms with Crippen molar-refractivity contribution in [3.63, 3.8) is 0 Å². The molecule has 0 radical (unpaired) electrons. The molecule has 1 atom stereocenters. The lowest BCUT2D eigenvalue weighted by Gasteiger charge is -2.37. The number of Topliss-reactive ketones (excluding diaryl/α,β-unsaturated/α-hetero) is 1. The number of nitrogens with zero attached hydrogens (tertiary/aromatic N) is 3. The van der Waals surface area contributed by atoms with E-state index in [0.29, 0.717) is 28.8 Å². The molecular weight excluding hydrogens is 435 g/mol. The summed E-state index contributed by atoms with van der Waals surface area (Å²) >= 11 is 1.38. The van der Waals surface area contributed by atoms with Crippen LogP contribution in [0.3, 0.4) is 0 Å². The second kappa shape index (κ2) is 8.63. The topological polar surface area (TPSA) is 59.8 Å². The zero-order chi connectivity index (χ0) is 23.0. The van der Waals surface area contributed by atoms with Gasteiger partial charge in [0.1, 0.15) is 11.9 Å². The Hall–Kier alpha value is -3.19. The van der Waals surface area contributed by atoms with Crippen molar-refractivity contribution >= 4 is 29.6 Å². The molecule has 0 bridgehead atoms. The highest BCUT2D eigenvalue weighted by atomic mass is 32.2. The third-order valence-corrected chi connectivity index (χ3v) is 6.83. The van der Waals surface area contributed by atoms with Crippen LogP contribution in [0.2, 0.25) is 0 Å². The standard InChI is InChI=1S/C26H25FN4OS/c1-26(2)14-20-23(22(32)15-26)21(13-12-17-8-4-3-5-9-17)31-24(28-20)29-25(30-31)33-16-18-10-6-7-11-19(18)27/h3-13,21H,14-16H2,1-2H3,(H,28,29,30)/b13-12+. The van der Waals surface area contributed by atoms with Gasteiger partial charge in [0.15, 0.2) is 5.78 Å². The first-order valence-electron chi connectivity index (χ1n) is 11.0. The lowest BCUT2D eigenvalue weighted by molar-refractivity contribution is -0.118. The summed E-state index contributed by atoms with van der Waals surface area (Å²) in [7, 11) is 0. The number of carbonyl (C=O) groups is 1. The summed E-state index contributed by atoms with van der Waals surface area (Å²) in [5.41, 5.74) is 3.23. The SMILES string of the molecule is CC1(C)CC(=O)C2=C(C1)Nc1nc(SCc3ccccc3F)nn1C2/C=C/c1ccccc1. The summed E-state index contributed by atoms with van der Waals surface area (Å²) in [5.74, 6) is 0.941. The molecule has 2 heterocycles. The molecule has 33 heavy (non-hydrogen) atoms. The van der Waals surface area contributed by atoms with Crippen LogP contribution in [0.1, 0.15) is 43.9 Å². The maximum absolute atomic E-state index is 14.0. The van der Waals surface area contributed by atoms with E-state index in [1.54, 1.807) is 16.8 Å². The quantitative estimate of drug-likeness (QED) is 0.471. The lowest BCUT2D eigenvalue weighted by atomic mass is 9.74. The van der Waals surface area contributed by atoms with Crippen LogP contribution in [-0.4, -0.2) is 20.5 Å². The summed E-state index contributed by atoms with van der Waals surface area (Å²) in [5, 5.41) is 8.61. The van der Waals surface area contributed by atoms with Crippen molar-refractivity contribution < 1.29 is 9.18 Å². The fraction of sp³-hybridized carbons (Fsp3) is 0.269. The number of hydrogen-bond acceptors (Lipinski definition) is 5. The van der Waals surface area contributed by atoms with Crippen molar-refractivity contribution in [2.45, 2.75) is 43.6 Å². The highest BCUT2D eigenvalue weighted by Gasteiger charge is 2.40. The van der Waals surface area contributed by atoms with Crippen LogP contribution >= 0.6 is 11.8 Å². The summed E-state index contributed by atoms with van der Waals surface area (Å²) in [4.78, 5) is 17.9. The molecule has 5 rings (SSSR count). The lowest BCUT2D eigenvalue weighted by Crippen LogP contribution is -2.35. The van der Waals surface area contributed by atoms with Crippen LogP contribution in [0.4, 0.5) is 10.3 Å². The van der Waals surface area contributed by atoms with Crippen molar-refractivity contribution in [2.24, 2.45) is 5.41 Å². The monoisotopic (exact) mass is 460 g/mol. The summed E-state index contributed by atoms with van der Waals surface area (Å²) in [6, 6.07) is 16.4. The highest BCUT2D eigenvalue weighted by Crippen LogP contribution is 2.44. The van der Waals surface area contributed by atoms with Crippen LogP contribution in [0.25, 0.3) is 6.08 Å². The maximum atomic E-state index is 14.0. The number of benzene rings is 2. The molecule has 5 nitrogen and oxygen atoms in total. The average Bonchev–Trinajstić information content (AvgIpc) is 3.18. The molecule has 1 unspecified atom stereocenters. The number of thioether (sulfide) groups is 1. The van der Waals surface area contributed by atoms with E-state index in [0.717, 1.165) is 23.3 Å². The van der Waals surface area contributed by atoms with E-state index in [-0.39, 0.29) is 23.1 Å². The van der Waals surface area contributed by atoms with E-state index in [1.807, 2.05) is 48.6 Å². The summed E-state index contributed by atoms with van der Waals surface area (Å²) < 4.78 is 15.8. The van der Waals surface area contributed by atoms with Gasteiger partial charge in [0.2, 0.25) is 11.1 Å². The predicted molar refractivity (Wildman–Crippen MR) is 129 cm³/mol. The van der Waals surface area contributed by atoms with E-state index in [4.69, 9.17) is 5.10 Å². The van der Waals surface area contributed by atoms with Gasteiger partial charge < -0.3 is 5.32 Å². The van der Waals surface area contributed by atoms with Gasteiger partial charge in [-0.05, 0) is 29.0 Å². The Morgan fingerprint density at radius 1 is 1.15 bits per heavy atom. The number of carbonyl (C=O) groups excluding carboxylic acids is 1. The zero-order valence-corrected chi connectivity index (χ0v) is 19.4. The number of halogens is 1. The number of aromatic nitrogens is 3. The van der Waals surface area contributed by atoms with E-state index < -0.39 is 0 Å². The number of hydrogen-bond donors (Lipinski definition) is 1. The molecule has 1 aliphatic carbocycles. The van der Waals surface area contributed by atoms with Gasteiger partial charge in [-0.3, -0.25) is 4.79 Å². The largest absolute Gasteiger partial charge is 0.328 e. The summed E-state index contributed by atoms with van der Waals surface area (Å²) in [6.07, 6.45) is 5.31. The van der Waals surface area contributed by atoms with Crippen LogP contribution in [0, 0.1) is 11.2 Å². The molecule has 2 aromatic carbocycles. The van der Waals surface area contributed by atoms with Crippen LogP contribution in [0.15, 0.2) is 77.1 Å². The number of anilines is 1. The zero-order valence-electron chi connectivity index (χ0n) is 18.6. The first kappa shape index (κ1) is 21.6. The van der Waals surface area contributed by atoms with Gasteiger partial charge in [-0.25, -0.2) is 9.07 Å². The minimum atomic E-state index is -0.338. The van der Waals surface area contributed by atoms with E-state index in [1.165, 1.54) is 17.8 Å². The molecule has 2 aliphatic rings. The first-order chi connectivity index (χ1) is 15.9. The fourth-order valence-corrected chi connectivity index (χ4v) is 5.21. The van der Waals surface area contributed by atoms with Gasteiger partial charge >= 0.3 is 0 Å². The Kier molecular flexibility index (Phi) is 5.66. The first-order valence-corrected chi connectivity index (χ1v) is 12.0. The minimum absolute atomic E-state index is 0.110. The molecule has 7 heteroatoms. The number of allylic oxidation sites excluding steroid dienone is 3. The Morgan fingerprint density at radius 2 is 1.91 bits per heavy atom. The molecule has 0 saturated heterocycles. The number of rotatable bonds is 5. The molecule has 1 aromatic heterocycles. The second-order valence-electron chi connectivity index (χ2n) is 9.22. The van der Waals surface area contributed by atoms with Gasteiger partial charge in [-0.2, -0.15) is 4.98 Å². The Labute approximate surface area is 196 Å². The van der Waals surface area contributed by atoms with E-state index in [9.17, 15) is 9.18 Å². The van der Waals surface area contributed by atoms with Gasteiger partial charge in [0.05, 0.1) is 0 Å². The van der Waals surface area contributed by atoms with E-state index >= 15 is 0 Å². The molecule has 3 aromatic rings. The van der Waals surface area contributed by atoms with Gasteiger partial charge in [0.25, 0.3) is 0 Å². The molecule has 0 fully saturated rings. The Balaban J connectivity index is 1.48. The predicted octanol–water partition coefficient (Wildman–Crippen LogP) is 6.03. The van der Waals surface area contributed by atoms with Crippen LogP contribution < -0.4 is 5.32 Å². The maximum Gasteiger partial charge on any atom is 0.227 e. The molecule has 0 saturated carbocycles. The van der Waals surface area contributed by atoms with Crippen molar-refractivity contribution in [3.05, 3.63) is 88.9 Å². The highest BCUT2D eigenvalue weighted by molar-refractivity contribution is 7.98. The molecule has 1 N–H and O–H groups in total. The minimum Gasteiger partial charge on any atom is -0.328 e. The van der Waals surface area contributed by atoms with E-state index in [2.05, 4.69) is 24.1 Å². The van der Waals surface area contributed by atoms with Crippen LogP contribution in [-0.2, 0) is 10.5 Å². The Morgan fingerprint density at radius 3 is 2.70 bits per heavy atom. The summed E-state index contributed by atoms with van der Waals surface area (Å²) in [6.45, 7) is 4.22. The number of nitrogens with one attached hydrogen (secondary N) is 1. The average molecular weight is 461 g/mol. The number of ketones is 1. The molecule has 168 valence electrons. The second-order valence-corrected chi connectivity index (χ2v) is 10.2. The molecule has 0 spiro atoms. The van der Waals surface area contributed by atoms with Crippen molar-refractivity contribution in [3.8, 4) is 0 Å². The van der Waals surface area contributed by atoms with Crippen LogP contribution in [0.5, 0.6) is 0 Å². The third kappa shape index (κ3) is 4.50. The van der Waals surface area contributed by atoms with Crippen molar-refractivity contribution in [1.82, 2.24) is 14.8 Å². The van der Waals surface area contributed by atoms with Gasteiger partial charge in [-0.15, -0.1) is 5.10 Å². The Bertz CT molecular complexity index is 1260. The van der Waals surface area contributed by atoms with Gasteiger partial charge in [-0.1, -0.05) is 86.3 Å². The molecule has 0 amide bonds. The van der Waals surface area contributed by atoms with Crippen molar-refractivity contribution in [1.29, 1.82) is 0 Å². The normalized spacial score (nSPS) is 19.4. The third-order valence-electron chi connectivity index (χ3n) is 5.94. The molecule has 1 aliphatic heterocycles.